The molecule has 0 rings (SSSR count). The molecule has 0 aliphatic carbocycles. The molecule has 0 spiro atoms. The zero-order valence-electron chi connectivity index (χ0n) is 31.6. The second-order valence-electron chi connectivity index (χ2n) is 13.3. The second kappa shape index (κ2) is 29.4. The van der Waals surface area contributed by atoms with Crippen LogP contribution in [0.3, 0.4) is 0 Å². The van der Waals surface area contributed by atoms with E-state index in [0.717, 1.165) is 0 Å². The van der Waals surface area contributed by atoms with E-state index < -0.39 is 59.6 Å². The predicted molar refractivity (Wildman–Crippen MR) is 226 cm³/mol. The van der Waals surface area contributed by atoms with E-state index in [0.29, 0.717) is 19.6 Å². The van der Waals surface area contributed by atoms with E-state index in [1.54, 1.807) is 13.3 Å². The van der Waals surface area contributed by atoms with Gasteiger partial charge in [0, 0.05) is 12.8 Å². The van der Waals surface area contributed by atoms with Crippen LogP contribution in [0, 0.1) is 17.8 Å². The summed E-state index contributed by atoms with van der Waals surface area (Å²) >= 11 is 0. The number of carbonyl (C=O) groups excluding carboxylic acids is 6. The predicted octanol–water partition coefficient (Wildman–Crippen LogP) is 1.60. The van der Waals surface area contributed by atoms with Crippen LogP contribution in [-0.4, -0.2) is 168 Å². The summed E-state index contributed by atoms with van der Waals surface area (Å²) in [4.78, 5) is 89.5. The summed E-state index contributed by atoms with van der Waals surface area (Å²) in [6.07, 6.45) is 0.456. The summed E-state index contributed by atoms with van der Waals surface area (Å²) in [7, 11) is 30.7. The average molecular weight is 773 g/mol. The van der Waals surface area contributed by atoms with E-state index in [-0.39, 0.29) is 124 Å². The Morgan fingerprint density at radius 3 is 1.66 bits per heavy atom. The average Bonchev–Trinajstić information content (AvgIpc) is 3.07. The summed E-state index contributed by atoms with van der Waals surface area (Å²) in [6, 6.07) is 2.39. The fraction of sp³-hybridized carbons (Fsp3) is 0.774. The molecule has 5 atom stereocenters. The van der Waals surface area contributed by atoms with Gasteiger partial charge in [0.2, 0.25) is 0 Å². The Labute approximate surface area is 328 Å². The maximum absolute atomic E-state index is 13.7. The van der Waals surface area contributed by atoms with Gasteiger partial charge in [-0.3, -0.25) is 9.59 Å². The molecule has 0 saturated carbocycles. The second-order valence-corrected chi connectivity index (χ2v) is 20.2. The SMILES string of the molecule is [B]B=S(=B[B])(CC(=O)C(CCC(=O)CC(CCC(=O)CP([B])C)C(=O)CP([B])C)CC(=O)CCC(CCCC(=O)COCCOCC)C(=O)O)B([B])[B]. The van der Waals surface area contributed by atoms with E-state index in [1.807, 2.05) is 6.92 Å². The van der Waals surface area contributed by atoms with Gasteiger partial charge in [0.1, 0.15) is 21.7 Å². The first kappa shape index (κ1) is 52.2. The van der Waals surface area contributed by atoms with Crippen LogP contribution >= 0.6 is 24.3 Å². The van der Waals surface area contributed by atoms with Crippen molar-refractivity contribution in [1.29, 1.82) is 0 Å². The van der Waals surface area contributed by atoms with Gasteiger partial charge in [-0.1, -0.05) is 13.3 Å². The van der Waals surface area contributed by atoms with Gasteiger partial charge in [0.25, 0.3) is 0 Å². The van der Waals surface area contributed by atoms with Crippen LogP contribution in [0.1, 0.15) is 77.6 Å². The van der Waals surface area contributed by atoms with Gasteiger partial charge >= 0.3 is 230 Å². The van der Waals surface area contributed by atoms with Crippen LogP contribution in [0.15, 0.2) is 0 Å². The van der Waals surface area contributed by atoms with Gasteiger partial charge in [0.05, 0.1) is 13.2 Å². The standard InChI is InChI=1S/C31H49B9O10P2S/c1-4-49-14-15-50-18-27(43)7-5-6-22(31(47)48)8-11-25(41)17-24(30(46)21-53(38-32,39-33)40(34)35)9-12-26(42)16-23(29(45)20-52(3)37)10-13-28(44)19-51(2)36/h22-24H,4-21H2,1-3H3,(H,47,48). The molecule has 22 heteroatoms. The summed E-state index contributed by atoms with van der Waals surface area (Å²) in [5.41, 5.74) is 0. The minimum atomic E-state index is -2.44. The molecule has 0 amide bonds. The van der Waals surface area contributed by atoms with Crippen molar-refractivity contribution in [1.82, 2.24) is 0 Å². The van der Waals surface area contributed by atoms with Crippen LogP contribution < -0.4 is 0 Å². The monoisotopic (exact) mass is 774 g/mol. The zero-order valence-corrected chi connectivity index (χ0v) is 34.2. The summed E-state index contributed by atoms with van der Waals surface area (Å²) in [6.45, 7) is 6.44. The van der Waals surface area contributed by atoms with E-state index in [9.17, 15) is 38.7 Å². The van der Waals surface area contributed by atoms with Gasteiger partial charge in [-0.25, -0.2) is 0 Å². The number of Topliss-reactive ketones (excluding diaryl/α,β-unsaturated/α-hetero) is 6. The fourth-order valence-electron chi connectivity index (χ4n) is 5.49. The Bertz CT molecular complexity index is 1330. The van der Waals surface area contributed by atoms with Crippen LogP contribution in [0.5, 0.6) is 0 Å². The fourth-order valence-corrected chi connectivity index (χ4v) is 8.52. The van der Waals surface area contributed by atoms with E-state index in [4.69, 9.17) is 55.6 Å². The molecule has 0 aromatic carbocycles. The molecule has 1 N–H and O–H groups in total. The number of carboxylic acids is 1. The first-order valence-electron chi connectivity index (χ1n) is 17.7. The third-order valence-corrected chi connectivity index (χ3v) is 13.1. The zero-order chi connectivity index (χ0) is 40.6. The van der Waals surface area contributed by atoms with E-state index >= 15 is 0 Å². The Morgan fingerprint density at radius 2 is 1.19 bits per heavy atom. The molecule has 0 aromatic rings. The summed E-state index contributed by atoms with van der Waals surface area (Å²) in [5.74, 6) is -6.59. The number of carbonyl (C=O) groups is 7. The molecule has 0 heterocycles. The Morgan fingerprint density at radius 1 is 0.698 bits per heavy atom. The quantitative estimate of drug-likeness (QED) is 0.0591. The molecule has 0 aliphatic rings. The molecule has 0 saturated heterocycles. The van der Waals surface area contributed by atoms with Crippen LogP contribution in [-0.2, 0) is 43.0 Å². The normalized spacial score (nSPS) is 14.1. The molecular weight excluding hydrogens is 724 g/mol. The molecule has 53 heavy (non-hydrogen) atoms. The Kier molecular flexibility index (Phi) is 29.0. The van der Waals surface area contributed by atoms with Crippen molar-refractivity contribution in [3.8, 4) is 0 Å². The molecule has 0 aromatic heterocycles. The third-order valence-electron chi connectivity index (χ3n) is 8.61. The molecule has 276 valence electrons. The number of rotatable bonds is 33. The summed E-state index contributed by atoms with van der Waals surface area (Å²) in [5, 5.41) is 9.76. The third kappa shape index (κ3) is 23.8. The number of carboxylic acid groups (broad SMARTS) is 1. The Balaban J connectivity index is 5.69. The molecule has 10 nitrogen and oxygen atoms in total. The van der Waals surface area contributed by atoms with Crippen LogP contribution in [0.4, 0.5) is 0 Å². The Hall–Kier alpha value is -0.796. The van der Waals surface area contributed by atoms with E-state index in [2.05, 4.69) is 0 Å². The molecule has 0 aliphatic heterocycles. The first-order chi connectivity index (χ1) is 24.9. The maximum atomic E-state index is 13.7. The van der Waals surface area contributed by atoms with Crippen molar-refractivity contribution in [2.75, 3.05) is 57.8 Å². The van der Waals surface area contributed by atoms with Crippen LogP contribution in [0.2, 0.25) is 0 Å². The van der Waals surface area contributed by atoms with Crippen molar-refractivity contribution in [3.63, 3.8) is 0 Å². The van der Waals surface area contributed by atoms with Crippen LogP contribution in [0.25, 0.3) is 0 Å². The number of ketones is 6. The topological polar surface area (TPSA) is 158 Å². The molecular formula is C31H49B9O10P2S. The van der Waals surface area contributed by atoms with Crippen molar-refractivity contribution in [3.05, 3.63) is 0 Å². The van der Waals surface area contributed by atoms with Gasteiger partial charge in [-0.05, 0) is 6.92 Å². The number of ether oxygens (including phenoxy) is 2. The summed E-state index contributed by atoms with van der Waals surface area (Å²) < 4.78 is 10.4. The number of hydrogen-bond donors (Lipinski definition) is 1. The van der Waals surface area contributed by atoms with Crippen molar-refractivity contribution < 1.29 is 48.1 Å². The van der Waals surface area contributed by atoms with Gasteiger partial charge in [-0.15, -0.1) is 0 Å². The number of hydrogen-bond acceptors (Lipinski definition) is 9. The minimum absolute atomic E-state index is 0.00318. The van der Waals surface area contributed by atoms with E-state index in [1.165, 1.54) is 12.1 Å². The first-order valence-corrected chi connectivity index (χ1v) is 23.8. The van der Waals surface area contributed by atoms with Crippen molar-refractivity contribution >= 4 is 129 Å². The molecule has 12 radical (unpaired) electrons. The van der Waals surface area contributed by atoms with Gasteiger partial charge in [-0.2, -0.15) is 7.80 Å². The van der Waals surface area contributed by atoms with Gasteiger partial charge in [0.15, 0.2) is 5.78 Å². The van der Waals surface area contributed by atoms with Crippen molar-refractivity contribution in [2.24, 2.45) is 17.8 Å². The van der Waals surface area contributed by atoms with Gasteiger partial charge < -0.3 is 9.47 Å². The molecule has 5 unspecified atom stereocenters. The molecule has 0 fully saturated rings. The molecule has 0 bridgehead atoms. The van der Waals surface area contributed by atoms with Crippen molar-refractivity contribution in [2.45, 2.75) is 77.6 Å². The number of aliphatic carboxylic acids is 1.